The molecular weight excluding hydrogens is 358 g/mol. The molecular formula is C21H21N3O4. The maximum Gasteiger partial charge on any atom is 0.264 e. The average Bonchev–Trinajstić information content (AvgIpc) is 3.07. The van der Waals surface area contributed by atoms with Crippen molar-refractivity contribution in [3.8, 4) is 11.5 Å². The van der Waals surface area contributed by atoms with Gasteiger partial charge in [-0.1, -0.05) is 30.3 Å². The molecule has 2 N–H and O–H groups in total. The molecule has 28 heavy (non-hydrogen) atoms. The summed E-state index contributed by atoms with van der Waals surface area (Å²) in [6, 6.07) is 15.0. The summed E-state index contributed by atoms with van der Waals surface area (Å²) in [6.07, 6.45) is 1.10. The van der Waals surface area contributed by atoms with Crippen molar-refractivity contribution >= 4 is 22.7 Å². The molecule has 0 fully saturated rings. The van der Waals surface area contributed by atoms with Crippen LogP contribution in [0.5, 0.6) is 11.5 Å². The van der Waals surface area contributed by atoms with Gasteiger partial charge in [0.1, 0.15) is 6.61 Å². The maximum atomic E-state index is 12.5. The van der Waals surface area contributed by atoms with Crippen LogP contribution < -0.4 is 20.1 Å². The van der Waals surface area contributed by atoms with Gasteiger partial charge in [-0.05, 0) is 18.2 Å². The van der Waals surface area contributed by atoms with Crippen molar-refractivity contribution in [2.24, 2.45) is 7.05 Å². The summed E-state index contributed by atoms with van der Waals surface area (Å²) in [5.41, 5.74) is 1.61. The van der Waals surface area contributed by atoms with Crippen molar-refractivity contribution < 1.29 is 19.1 Å². The fourth-order valence-electron chi connectivity index (χ4n) is 3.24. The van der Waals surface area contributed by atoms with E-state index < -0.39 is 6.10 Å². The molecule has 0 aliphatic carbocycles. The van der Waals surface area contributed by atoms with Crippen LogP contribution in [0.15, 0.2) is 54.7 Å². The molecule has 3 aromatic rings. The minimum Gasteiger partial charge on any atom is -0.485 e. The molecule has 1 aliphatic rings. The number of hydrogen-bond donors (Lipinski definition) is 2. The molecule has 7 nitrogen and oxygen atoms in total. The van der Waals surface area contributed by atoms with Gasteiger partial charge in [-0.15, -0.1) is 0 Å². The molecule has 1 atom stereocenters. The quantitative estimate of drug-likeness (QED) is 0.663. The fraction of sp³-hybridized carbons (Fsp3) is 0.238. The number of fused-ring (bicyclic) bond motifs is 2. The predicted molar refractivity (Wildman–Crippen MR) is 105 cm³/mol. The molecule has 0 saturated heterocycles. The first-order valence-corrected chi connectivity index (χ1v) is 9.12. The molecule has 0 bridgehead atoms. The molecule has 0 unspecified atom stereocenters. The lowest BCUT2D eigenvalue weighted by Crippen LogP contribution is -2.46. The van der Waals surface area contributed by atoms with Gasteiger partial charge >= 0.3 is 0 Å². The molecule has 0 radical (unpaired) electrons. The zero-order valence-corrected chi connectivity index (χ0v) is 15.5. The number of rotatable bonds is 5. The summed E-state index contributed by atoms with van der Waals surface area (Å²) in [4.78, 5) is 24.7. The molecule has 2 heterocycles. The Bertz CT molecular complexity index is 1030. The molecule has 4 rings (SSSR count). The maximum absolute atomic E-state index is 12.5. The molecule has 7 heteroatoms. The number of para-hydroxylation sites is 3. The Kier molecular flexibility index (Phi) is 4.89. The van der Waals surface area contributed by atoms with Crippen molar-refractivity contribution in [3.05, 3.63) is 60.3 Å². The number of nitrogens with one attached hydrogen (secondary N) is 2. The molecule has 2 aromatic carbocycles. The van der Waals surface area contributed by atoms with E-state index in [1.54, 1.807) is 12.1 Å². The Balaban J connectivity index is 1.28. The lowest BCUT2D eigenvalue weighted by molar-refractivity contribution is -0.130. The lowest BCUT2D eigenvalue weighted by Gasteiger charge is -2.25. The first-order chi connectivity index (χ1) is 13.6. The van der Waals surface area contributed by atoms with E-state index in [0.717, 1.165) is 10.9 Å². The van der Waals surface area contributed by atoms with Crippen LogP contribution in [0, 0.1) is 0 Å². The van der Waals surface area contributed by atoms with Crippen molar-refractivity contribution in [3.63, 3.8) is 0 Å². The zero-order chi connectivity index (χ0) is 19.5. The standard InChI is InChI=1S/C21H21N3O4/c1-24-12-15(14-6-2-3-7-16(14)24)20(25)22-10-11-23-21(26)19-13-27-17-8-4-5-9-18(17)28-19/h2-9,12,19H,10-11,13H2,1H3,(H,22,25)(H,23,26)/t19-/m1/s1. The van der Waals surface area contributed by atoms with Crippen LogP contribution in [-0.4, -0.2) is 42.2 Å². The zero-order valence-electron chi connectivity index (χ0n) is 15.5. The van der Waals surface area contributed by atoms with Crippen LogP contribution in [0.1, 0.15) is 10.4 Å². The van der Waals surface area contributed by atoms with Crippen LogP contribution in [-0.2, 0) is 11.8 Å². The number of benzene rings is 2. The van der Waals surface area contributed by atoms with Crippen LogP contribution in [0.2, 0.25) is 0 Å². The second-order valence-corrected chi connectivity index (χ2v) is 6.58. The number of carbonyl (C=O) groups is 2. The third-order valence-electron chi connectivity index (χ3n) is 4.65. The molecule has 0 spiro atoms. The van der Waals surface area contributed by atoms with Gasteiger partial charge in [0.2, 0.25) is 6.10 Å². The van der Waals surface area contributed by atoms with E-state index in [1.807, 2.05) is 54.2 Å². The number of ether oxygens (including phenoxy) is 2. The Morgan fingerprint density at radius 3 is 2.61 bits per heavy atom. The first-order valence-electron chi connectivity index (χ1n) is 9.12. The molecule has 0 saturated carbocycles. The second-order valence-electron chi connectivity index (χ2n) is 6.58. The second kappa shape index (κ2) is 7.64. The smallest absolute Gasteiger partial charge is 0.264 e. The largest absolute Gasteiger partial charge is 0.485 e. The minimum atomic E-state index is -0.705. The van der Waals surface area contributed by atoms with Crippen LogP contribution >= 0.6 is 0 Å². The number of amides is 2. The number of hydrogen-bond acceptors (Lipinski definition) is 4. The first kappa shape index (κ1) is 17.9. The van der Waals surface area contributed by atoms with Crippen LogP contribution in [0.4, 0.5) is 0 Å². The Hall–Kier alpha value is -3.48. The van der Waals surface area contributed by atoms with Gasteiger partial charge in [0.15, 0.2) is 11.5 Å². The average molecular weight is 379 g/mol. The van der Waals surface area contributed by atoms with Gasteiger partial charge in [0, 0.05) is 37.2 Å². The van der Waals surface area contributed by atoms with E-state index in [1.165, 1.54) is 0 Å². The molecule has 1 aromatic heterocycles. The molecule has 1 aliphatic heterocycles. The number of aromatic nitrogens is 1. The highest BCUT2D eigenvalue weighted by atomic mass is 16.6. The Morgan fingerprint density at radius 2 is 1.75 bits per heavy atom. The van der Waals surface area contributed by atoms with E-state index in [0.29, 0.717) is 30.2 Å². The van der Waals surface area contributed by atoms with Crippen LogP contribution in [0.3, 0.4) is 0 Å². The van der Waals surface area contributed by atoms with E-state index in [-0.39, 0.29) is 18.4 Å². The minimum absolute atomic E-state index is 0.158. The summed E-state index contributed by atoms with van der Waals surface area (Å²) >= 11 is 0. The van der Waals surface area contributed by atoms with Crippen molar-refractivity contribution in [2.75, 3.05) is 19.7 Å². The highest BCUT2D eigenvalue weighted by Gasteiger charge is 2.26. The number of nitrogens with zero attached hydrogens (tertiary/aromatic N) is 1. The van der Waals surface area contributed by atoms with E-state index in [2.05, 4.69) is 10.6 Å². The fourth-order valence-corrected chi connectivity index (χ4v) is 3.24. The molecule has 144 valence electrons. The van der Waals surface area contributed by atoms with Crippen molar-refractivity contribution in [1.82, 2.24) is 15.2 Å². The summed E-state index contributed by atoms with van der Waals surface area (Å²) in [6.45, 7) is 0.778. The molecule has 2 amide bonds. The Morgan fingerprint density at radius 1 is 1.04 bits per heavy atom. The van der Waals surface area contributed by atoms with Crippen LogP contribution in [0.25, 0.3) is 10.9 Å². The van der Waals surface area contributed by atoms with Gasteiger partial charge in [0.05, 0.1) is 5.56 Å². The lowest BCUT2D eigenvalue weighted by atomic mass is 10.1. The summed E-state index contributed by atoms with van der Waals surface area (Å²) < 4.78 is 13.1. The normalized spacial score (nSPS) is 15.2. The van der Waals surface area contributed by atoms with Gasteiger partial charge in [-0.3, -0.25) is 9.59 Å². The van der Waals surface area contributed by atoms with Crippen molar-refractivity contribution in [1.29, 1.82) is 0 Å². The highest BCUT2D eigenvalue weighted by Crippen LogP contribution is 2.30. The topological polar surface area (TPSA) is 81.6 Å². The van der Waals surface area contributed by atoms with E-state index in [4.69, 9.17) is 9.47 Å². The Labute approximate surface area is 162 Å². The van der Waals surface area contributed by atoms with Gasteiger partial charge < -0.3 is 24.7 Å². The summed E-state index contributed by atoms with van der Waals surface area (Å²) in [7, 11) is 1.91. The van der Waals surface area contributed by atoms with E-state index >= 15 is 0 Å². The van der Waals surface area contributed by atoms with E-state index in [9.17, 15) is 9.59 Å². The SMILES string of the molecule is Cn1cc(C(=O)NCCNC(=O)[C@H]2COc3ccccc3O2)c2ccccc21. The monoisotopic (exact) mass is 379 g/mol. The number of aryl methyl sites for hydroxylation is 1. The third kappa shape index (κ3) is 3.51. The van der Waals surface area contributed by atoms with Gasteiger partial charge in [-0.25, -0.2) is 0 Å². The van der Waals surface area contributed by atoms with Crippen molar-refractivity contribution in [2.45, 2.75) is 6.10 Å². The summed E-state index contributed by atoms with van der Waals surface area (Å²) in [5.74, 6) is 0.748. The van der Waals surface area contributed by atoms with Gasteiger partial charge in [0.25, 0.3) is 11.8 Å². The summed E-state index contributed by atoms with van der Waals surface area (Å²) in [5, 5.41) is 6.51. The van der Waals surface area contributed by atoms with Gasteiger partial charge in [-0.2, -0.15) is 0 Å². The predicted octanol–water partition coefficient (Wildman–Crippen LogP) is 1.86. The highest BCUT2D eigenvalue weighted by molar-refractivity contribution is 6.07. The third-order valence-corrected chi connectivity index (χ3v) is 4.65. The number of carbonyl (C=O) groups excluding carboxylic acids is 2.